The van der Waals surface area contributed by atoms with Crippen molar-refractivity contribution in [2.45, 2.75) is 31.6 Å². The standard InChI is InChI=1S/C11H14N2O/c14-10-6-7-1-2-8(10)5-9(7)11-12-3-4-13-11/h3-4,7-9H,1-2,5-6H2,(H,12,13). The van der Waals surface area contributed by atoms with Crippen molar-refractivity contribution in [1.82, 2.24) is 9.97 Å². The molecule has 3 saturated carbocycles. The number of carbonyl (C=O) groups is 1. The molecule has 3 heteroatoms. The summed E-state index contributed by atoms with van der Waals surface area (Å²) in [6.07, 6.45) is 7.81. The molecule has 0 radical (unpaired) electrons. The summed E-state index contributed by atoms with van der Waals surface area (Å²) < 4.78 is 0. The van der Waals surface area contributed by atoms with Crippen molar-refractivity contribution in [3.8, 4) is 0 Å². The van der Waals surface area contributed by atoms with Crippen LogP contribution in [0.4, 0.5) is 0 Å². The first-order valence-electron chi connectivity index (χ1n) is 5.36. The number of ketones is 1. The molecule has 0 amide bonds. The topological polar surface area (TPSA) is 45.8 Å². The zero-order valence-electron chi connectivity index (χ0n) is 8.07. The molecule has 1 heterocycles. The van der Waals surface area contributed by atoms with Crippen molar-refractivity contribution >= 4 is 5.78 Å². The molecule has 0 aromatic carbocycles. The summed E-state index contributed by atoms with van der Waals surface area (Å²) in [5.74, 6) is 2.98. The lowest BCUT2D eigenvalue weighted by molar-refractivity contribution is -0.129. The maximum absolute atomic E-state index is 11.5. The normalized spacial score (nSPS) is 36.3. The van der Waals surface area contributed by atoms with Gasteiger partial charge in [0.2, 0.25) is 0 Å². The number of hydrogen-bond acceptors (Lipinski definition) is 2. The quantitative estimate of drug-likeness (QED) is 0.735. The van der Waals surface area contributed by atoms with Crippen LogP contribution in [0.25, 0.3) is 0 Å². The number of nitrogens with one attached hydrogen (secondary N) is 1. The molecule has 3 aliphatic carbocycles. The number of H-pyrrole nitrogens is 1. The van der Waals surface area contributed by atoms with Gasteiger partial charge in [-0.05, 0) is 25.2 Å². The Morgan fingerprint density at radius 2 is 2.36 bits per heavy atom. The number of carbonyl (C=O) groups excluding carboxylic acids is 1. The van der Waals surface area contributed by atoms with E-state index in [1.165, 1.54) is 6.42 Å². The van der Waals surface area contributed by atoms with E-state index in [1.807, 2.05) is 6.20 Å². The van der Waals surface area contributed by atoms with Gasteiger partial charge in [-0.25, -0.2) is 4.98 Å². The number of nitrogens with zero attached hydrogens (tertiary/aromatic N) is 1. The SMILES string of the molecule is O=C1CC2CCC1CC2c1ncc[nH]1. The Hall–Kier alpha value is -1.12. The molecule has 74 valence electrons. The molecule has 0 aliphatic heterocycles. The van der Waals surface area contributed by atoms with E-state index in [1.54, 1.807) is 6.20 Å². The van der Waals surface area contributed by atoms with E-state index in [-0.39, 0.29) is 0 Å². The van der Waals surface area contributed by atoms with Gasteiger partial charge in [0.1, 0.15) is 11.6 Å². The molecule has 0 saturated heterocycles. The monoisotopic (exact) mass is 190 g/mol. The number of aromatic amines is 1. The average Bonchev–Trinajstić information content (AvgIpc) is 2.71. The molecule has 2 bridgehead atoms. The summed E-state index contributed by atoms with van der Waals surface area (Å²) in [6.45, 7) is 0. The van der Waals surface area contributed by atoms with Crippen LogP contribution in [0.15, 0.2) is 12.4 Å². The molecule has 3 aliphatic rings. The summed E-state index contributed by atoms with van der Waals surface area (Å²) in [4.78, 5) is 19.0. The number of imidazole rings is 1. The predicted molar refractivity (Wildman–Crippen MR) is 51.8 cm³/mol. The second kappa shape index (κ2) is 2.94. The van der Waals surface area contributed by atoms with Gasteiger partial charge in [-0.3, -0.25) is 4.79 Å². The smallest absolute Gasteiger partial charge is 0.136 e. The number of aromatic nitrogens is 2. The maximum Gasteiger partial charge on any atom is 0.136 e. The first-order valence-corrected chi connectivity index (χ1v) is 5.36. The highest BCUT2D eigenvalue weighted by Gasteiger charge is 2.42. The Bertz CT molecular complexity index is 344. The number of fused-ring (bicyclic) bond motifs is 3. The average molecular weight is 190 g/mol. The highest BCUT2D eigenvalue weighted by Crippen LogP contribution is 2.46. The molecular formula is C11H14N2O. The molecule has 3 fully saturated rings. The molecule has 1 aromatic heterocycles. The fourth-order valence-corrected chi connectivity index (χ4v) is 3.01. The van der Waals surface area contributed by atoms with E-state index >= 15 is 0 Å². The predicted octanol–water partition coefficient (Wildman–Crippen LogP) is 1.88. The molecule has 0 spiro atoms. The lowest BCUT2D eigenvalue weighted by atomic mass is 9.64. The number of Topliss-reactive ketones (excluding diaryl/α,β-unsaturated/α-hetero) is 1. The van der Waals surface area contributed by atoms with Gasteiger partial charge in [-0.1, -0.05) is 0 Å². The van der Waals surface area contributed by atoms with E-state index in [9.17, 15) is 4.79 Å². The van der Waals surface area contributed by atoms with Gasteiger partial charge in [-0.15, -0.1) is 0 Å². The van der Waals surface area contributed by atoms with Crippen LogP contribution in [0, 0.1) is 11.8 Å². The van der Waals surface area contributed by atoms with Gasteiger partial charge in [-0.2, -0.15) is 0 Å². The van der Waals surface area contributed by atoms with Crippen LogP contribution in [-0.4, -0.2) is 15.8 Å². The second-order valence-electron chi connectivity index (χ2n) is 4.52. The zero-order chi connectivity index (χ0) is 9.54. The van der Waals surface area contributed by atoms with Gasteiger partial charge in [0.15, 0.2) is 0 Å². The maximum atomic E-state index is 11.5. The van der Waals surface area contributed by atoms with Crippen LogP contribution < -0.4 is 0 Å². The minimum atomic E-state index is 0.329. The van der Waals surface area contributed by atoms with Crippen LogP contribution >= 0.6 is 0 Å². The van der Waals surface area contributed by atoms with Crippen molar-refractivity contribution in [2.75, 3.05) is 0 Å². The molecule has 14 heavy (non-hydrogen) atoms. The summed E-state index contributed by atoms with van der Waals surface area (Å²) >= 11 is 0. The van der Waals surface area contributed by atoms with Gasteiger partial charge in [0.25, 0.3) is 0 Å². The van der Waals surface area contributed by atoms with Crippen molar-refractivity contribution in [1.29, 1.82) is 0 Å². The van der Waals surface area contributed by atoms with Crippen LogP contribution in [0.1, 0.15) is 37.4 Å². The third-order valence-electron chi connectivity index (χ3n) is 3.78. The fourth-order valence-electron chi connectivity index (χ4n) is 3.01. The summed E-state index contributed by atoms with van der Waals surface area (Å²) in [6, 6.07) is 0. The van der Waals surface area contributed by atoms with Crippen LogP contribution in [0.3, 0.4) is 0 Å². The van der Waals surface area contributed by atoms with Crippen LogP contribution in [-0.2, 0) is 4.79 Å². The van der Waals surface area contributed by atoms with Crippen molar-refractivity contribution in [3.63, 3.8) is 0 Å². The van der Waals surface area contributed by atoms with E-state index in [4.69, 9.17) is 0 Å². The first-order chi connectivity index (χ1) is 6.84. The Labute approximate surface area is 82.9 Å². The minimum Gasteiger partial charge on any atom is -0.348 e. The first kappa shape index (κ1) is 8.21. The third kappa shape index (κ3) is 1.11. The second-order valence-corrected chi connectivity index (χ2v) is 4.52. The van der Waals surface area contributed by atoms with E-state index < -0.39 is 0 Å². The van der Waals surface area contributed by atoms with E-state index in [0.717, 1.165) is 25.1 Å². The van der Waals surface area contributed by atoms with Crippen LogP contribution in [0.5, 0.6) is 0 Å². The molecular weight excluding hydrogens is 176 g/mol. The van der Waals surface area contributed by atoms with Gasteiger partial charge in [0.05, 0.1) is 0 Å². The minimum absolute atomic E-state index is 0.329. The molecule has 3 nitrogen and oxygen atoms in total. The third-order valence-corrected chi connectivity index (χ3v) is 3.78. The van der Waals surface area contributed by atoms with Gasteiger partial charge < -0.3 is 4.98 Å². The number of hydrogen-bond donors (Lipinski definition) is 1. The Kier molecular flexibility index (Phi) is 1.72. The molecule has 4 rings (SSSR count). The highest BCUT2D eigenvalue weighted by molar-refractivity contribution is 5.83. The summed E-state index contributed by atoms with van der Waals surface area (Å²) in [5, 5.41) is 0. The Balaban J connectivity index is 1.88. The summed E-state index contributed by atoms with van der Waals surface area (Å²) in [5.41, 5.74) is 0. The Morgan fingerprint density at radius 1 is 1.43 bits per heavy atom. The lowest BCUT2D eigenvalue weighted by Crippen LogP contribution is -2.37. The highest BCUT2D eigenvalue weighted by atomic mass is 16.1. The van der Waals surface area contributed by atoms with E-state index in [2.05, 4.69) is 9.97 Å². The Morgan fingerprint density at radius 3 is 2.93 bits per heavy atom. The van der Waals surface area contributed by atoms with Crippen LogP contribution in [0.2, 0.25) is 0 Å². The molecule has 1 N–H and O–H groups in total. The van der Waals surface area contributed by atoms with Crippen molar-refractivity contribution in [2.24, 2.45) is 11.8 Å². The van der Waals surface area contributed by atoms with Gasteiger partial charge in [0, 0.05) is 30.7 Å². The summed E-state index contributed by atoms with van der Waals surface area (Å²) in [7, 11) is 0. The fraction of sp³-hybridized carbons (Fsp3) is 0.636. The van der Waals surface area contributed by atoms with Gasteiger partial charge >= 0.3 is 0 Å². The number of rotatable bonds is 1. The van der Waals surface area contributed by atoms with Crippen molar-refractivity contribution < 1.29 is 4.79 Å². The molecule has 1 aromatic rings. The van der Waals surface area contributed by atoms with Crippen molar-refractivity contribution in [3.05, 3.63) is 18.2 Å². The lowest BCUT2D eigenvalue weighted by Gasteiger charge is -2.40. The van der Waals surface area contributed by atoms with E-state index in [0.29, 0.717) is 23.5 Å². The largest absolute Gasteiger partial charge is 0.348 e. The zero-order valence-corrected chi connectivity index (χ0v) is 8.07. The molecule has 3 atom stereocenters. The molecule has 3 unspecified atom stereocenters.